The van der Waals surface area contributed by atoms with Crippen LogP contribution in [0, 0.1) is 0 Å². The van der Waals surface area contributed by atoms with Crippen LogP contribution in [-0.4, -0.2) is 40.1 Å². The second kappa shape index (κ2) is 9.11. The minimum atomic E-state index is -4.49. The van der Waals surface area contributed by atoms with Crippen molar-refractivity contribution >= 4 is 46.0 Å². The number of rotatable bonds is 6. The molecule has 33 heavy (non-hydrogen) atoms. The second-order valence-corrected chi connectivity index (χ2v) is 8.20. The van der Waals surface area contributed by atoms with E-state index < -0.39 is 11.7 Å². The summed E-state index contributed by atoms with van der Waals surface area (Å²) >= 11 is 7.81. The third-order valence-corrected chi connectivity index (χ3v) is 6.16. The number of nitrogens with one attached hydrogen (secondary N) is 1. The molecule has 0 spiro atoms. The van der Waals surface area contributed by atoms with E-state index in [1.165, 1.54) is 17.8 Å². The zero-order valence-corrected chi connectivity index (χ0v) is 19.4. The van der Waals surface area contributed by atoms with Crippen molar-refractivity contribution in [1.82, 2.24) is 20.2 Å². The number of H-pyrrole nitrogens is 1. The maximum Gasteiger partial charge on any atom is 0.416 e. The lowest BCUT2D eigenvalue weighted by molar-refractivity contribution is -0.137. The number of benzene rings is 2. The molecule has 0 saturated heterocycles. The maximum atomic E-state index is 13.1. The molecular weight excluding hydrogens is 475 g/mol. The first kappa shape index (κ1) is 23.2. The van der Waals surface area contributed by atoms with Gasteiger partial charge in [0.05, 0.1) is 35.1 Å². The third-order valence-electron chi connectivity index (χ3n) is 5.08. The third kappa shape index (κ3) is 4.32. The summed E-state index contributed by atoms with van der Waals surface area (Å²) in [6.45, 7) is 2.21. The highest BCUT2D eigenvalue weighted by Gasteiger charge is 2.31. The van der Waals surface area contributed by atoms with Gasteiger partial charge in [-0.25, -0.2) is 9.97 Å². The molecule has 0 aliphatic rings. The average Bonchev–Trinajstić information content (AvgIpc) is 3.27. The monoisotopic (exact) mass is 493 g/mol. The molecule has 0 fully saturated rings. The number of fused-ring (bicyclic) bond motifs is 1. The van der Waals surface area contributed by atoms with Crippen LogP contribution in [0.15, 0.2) is 47.5 Å². The summed E-state index contributed by atoms with van der Waals surface area (Å²) in [7, 11) is 1.58. The summed E-state index contributed by atoms with van der Waals surface area (Å²) in [6.07, 6.45) is -0.970. The quantitative estimate of drug-likeness (QED) is 0.306. The Balaban J connectivity index is 1.92. The molecule has 0 aliphatic carbocycles. The summed E-state index contributed by atoms with van der Waals surface area (Å²) in [4.78, 5) is 12.0. The molecule has 1 N–H and O–H groups in total. The largest absolute Gasteiger partial charge is 0.496 e. The molecule has 0 aliphatic heterocycles. The highest BCUT2D eigenvalue weighted by Crippen LogP contribution is 2.41. The van der Waals surface area contributed by atoms with Crippen molar-refractivity contribution in [1.29, 1.82) is 0 Å². The molecule has 4 aromatic rings. The van der Waals surface area contributed by atoms with Crippen molar-refractivity contribution in [3.8, 4) is 17.0 Å². The van der Waals surface area contributed by atoms with Gasteiger partial charge in [0.2, 0.25) is 5.95 Å². The normalized spacial score (nSPS) is 11.7. The van der Waals surface area contributed by atoms with Gasteiger partial charge >= 0.3 is 6.18 Å². The summed E-state index contributed by atoms with van der Waals surface area (Å²) in [5.74, 6) is 0.902. The molecule has 172 valence electrons. The minimum absolute atomic E-state index is 0.0498. The van der Waals surface area contributed by atoms with E-state index in [0.29, 0.717) is 34.7 Å². The fraction of sp³-hybridized carbons (Fsp3) is 0.227. The van der Waals surface area contributed by atoms with Crippen molar-refractivity contribution in [2.75, 3.05) is 24.8 Å². The van der Waals surface area contributed by atoms with Crippen LogP contribution in [0.5, 0.6) is 5.75 Å². The summed E-state index contributed by atoms with van der Waals surface area (Å²) in [5.41, 5.74) is 2.04. The van der Waals surface area contributed by atoms with E-state index in [2.05, 4.69) is 15.2 Å². The fourth-order valence-electron chi connectivity index (χ4n) is 3.54. The summed E-state index contributed by atoms with van der Waals surface area (Å²) in [5, 5.41) is 7.00. The van der Waals surface area contributed by atoms with Gasteiger partial charge < -0.3 is 9.64 Å². The second-order valence-electron chi connectivity index (χ2n) is 6.95. The number of ether oxygens (including phenoxy) is 1. The standard InChI is InChI=1S/C22H19ClF3N5OS/c1-4-31(15-9-8-12(10-13(15)23)22(24,25)26)21-28-14-11-27-30-19(14)20(29-21)18-16(32-2)6-5-7-17(18)33-3/h5-11H,4H2,1-3H3,(H,27,30). The number of aromatic amines is 1. The lowest BCUT2D eigenvalue weighted by Crippen LogP contribution is -2.20. The highest BCUT2D eigenvalue weighted by molar-refractivity contribution is 7.98. The number of halogens is 4. The molecule has 2 aromatic carbocycles. The predicted molar refractivity (Wildman–Crippen MR) is 125 cm³/mol. The van der Waals surface area contributed by atoms with Gasteiger partial charge in [0.25, 0.3) is 0 Å². The first-order chi connectivity index (χ1) is 15.8. The van der Waals surface area contributed by atoms with Crippen molar-refractivity contribution < 1.29 is 17.9 Å². The van der Waals surface area contributed by atoms with Crippen molar-refractivity contribution in [2.24, 2.45) is 0 Å². The first-order valence-electron chi connectivity index (χ1n) is 9.85. The van der Waals surface area contributed by atoms with Gasteiger partial charge in [-0.3, -0.25) is 5.10 Å². The van der Waals surface area contributed by atoms with E-state index >= 15 is 0 Å². The lowest BCUT2D eigenvalue weighted by atomic mass is 10.1. The number of hydrogen-bond acceptors (Lipinski definition) is 6. The predicted octanol–water partition coefficient (Wildman–Crippen LogP) is 6.58. The van der Waals surface area contributed by atoms with Crippen LogP contribution in [0.1, 0.15) is 12.5 Å². The number of anilines is 2. The van der Waals surface area contributed by atoms with Crippen molar-refractivity contribution in [2.45, 2.75) is 18.0 Å². The minimum Gasteiger partial charge on any atom is -0.496 e. The summed E-state index contributed by atoms with van der Waals surface area (Å²) < 4.78 is 44.9. The number of alkyl halides is 3. The number of aromatic nitrogens is 4. The van der Waals surface area contributed by atoms with E-state index in [0.717, 1.165) is 22.6 Å². The Labute approximate surface area is 197 Å². The molecule has 0 amide bonds. The van der Waals surface area contributed by atoms with Crippen LogP contribution in [-0.2, 0) is 6.18 Å². The van der Waals surface area contributed by atoms with Crippen molar-refractivity contribution in [3.05, 3.63) is 53.2 Å². The Morgan fingerprint density at radius 1 is 1.18 bits per heavy atom. The van der Waals surface area contributed by atoms with Crippen LogP contribution >= 0.6 is 23.4 Å². The van der Waals surface area contributed by atoms with Gasteiger partial charge in [-0.15, -0.1) is 11.8 Å². The van der Waals surface area contributed by atoms with E-state index in [1.54, 1.807) is 18.2 Å². The van der Waals surface area contributed by atoms with Crippen LogP contribution in [0.3, 0.4) is 0 Å². The number of thioether (sulfide) groups is 1. The Morgan fingerprint density at radius 3 is 2.61 bits per heavy atom. The fourth-order valence-corrected chi connectivity index (χ4v) is 4.43. The molecule has 6 nitrogen and oxygen atoms in total. The number of hydrogen-bond donors (Lipinski definition) is 1. The highest BCUT2D eigenvalue weighted by atomic mass is 35.5. The Morgan fingerprint density at radius 2 is 1.97 bits per heavy atom. The van der Waals surface area contributed by atoms with Gasteiger partial charge in [-0.1, -0.05) is 17.7 Å². The molecule has 11 heteroatoms. The zero-order chi connectivity index (χ0) is 23.8. The average molecular weight is 494 g/mol. The zero-order valence-electron chi connectivity index (χ0n) is 17.9. The van der Waals surface area contributed by atoms with E-state index in [1.807, 2.05) is 31.4 Å². The molecule has 0 bridgehead atoms. The van der Waals surface area contributed by atoms with Crippen LogP contribution in [0.25, 0.3) is 22.3 Å². The first-order valence-corrected chi connectivity index (χ1v) is 11.5. The molecule has 4 rings (SSSR count). The van der Waals surface area contributed by atoms with Gasteiger partial charge in [-0.05, 0) is 43.5 Å². The van der Waals surface area contributed by atoms with Crippen molar-refractivity contribution in [3.63, 3.8) is 0 Å². The topological polar surface area (TPSA) is 66.9 Å². The van der Waals surface area contributed by atoms with E-state index in [9.17, 15) is 13.2 Å². The van der Waals surface area contributed by atoms with Crippen LogP contribution in [0.4, 0.5) is 24.8 Å². The molecule has 0 atom stereocenters. The Hall–Kier alpha value is -2.98. The van der Waals surface area contributed by atoms with Gasteiger partial charge in [0, 0.05) is 11.4 Å². The Bertz CT molecular complexity index is 1290. The SMILES string of the molecule is CCN(c1nc(-c2c(OC)cccc2SC)c2[nH]ncc2n1)c1ccc(C(F)(F)F)cc1Cl. The number of methoxy groups -OCH3 is 1. The molecule has 2 aromatic heterocycles. The van der Waals surface area contributed by atoms with Gasteiger partial charge in [-0.2, -0.15) is 18.3 Å². The van der Waals surface area contributed by atoms with E-state index in [4.69, 9.17) is 21.3 Å². The maximum absolute atomic E-state index is 13.1. The molecule has 2 heterocycles. The van der Waals surface area contributed by atoms with Gasteiger partial charge in [0.15, 0.2) is 0 Å². The molecule has 0 unspecified atom stereocenters. The lowest BCUT2D eigenvalue weighted by Gasteiger charge is -2.24. The van der Waals surface area contributed by atoms with Gasteiger partial charge in [0.1, 0.15) is 22.5 Å². The molecular formula is C22H19ClF3N5OS. The van der Waals surface area contributed by atoms with Crippen LogP contribution < -0.4 is 9.64 Å². The molecule has 0 radical (unpaired) electrons. The Kier molecular flexibility index (Phi) is 6.40. The van der Waals surface area contributed by atoms with E-state index in [-0.39, 0.29) is 11.0 Å². The molecule has 0 saturated carbocycles. The smallest absolute Gasteiger partial charge is 0.416 e. The van der Waals surface area contributed by atoms with Crippen LogP contribution in [0.2, 0.25) is 5.02 Å². The summed E-state index contributed by atoms with van der Waals surface area (Å²) in [6, 6.07) is 8.91. The number of nitrogens with zero attached hydrogens (tertiary/aromatic N) is 4.